The zero-order valence-corrected chi connectivity index (χ0v) is 8.99. The van der Waals surface area contributed by atoms with Gasteiger partial charge in [0.25, 0.3) is 5.91 Å². The molecule has 1 aromatic rings. The first kappa shape index (κ1) is 11.4. The van der Waals surface area contributed by atoms with E-state index in [0.29, 0.717) is 11.6 Å². The Bertz CT molecular complexity index is 343. The maximum absolute atomic E-state index is 10.8. The number of rotatable bonds is 4. The summed E-state index contributed by atoms with van der Waals surface area (Å²) in [5.41, 5.74) is 1.89. The van der Waals surface area contributed by atoms with Crippen LogP contribution in [0.3, 0.4) is 0 Å². The molecule has 0 saturated carbocycles. The fourth-order valence-electron chi connectivity index (χ4n) is 1.30. The summed E-state index contributed by atoms with van der Waals surface area (Å²) in [6.07, 6.45) is 1.35. The van der Waals surface area contributed by atoms with Crippen LogP contribution in [0.25, 0.3) is 0 Å². The summed E-state index contributed by atoms with van der Waals surface area (Å²) < 4.78 is 0. The van der Waals surface area contributed by atoms with E-state index in [0.717, 1.165) is 6.42 Å². The quantitative estimate of drug-likeness (QED) is 0.605. The molecule has 0 fully saturated rings. The van der Waals surface area contributed by atoms with E-state index in [2.05, 4.69) is 19.2 Å². The summed E-state index contributed by atoms with van der Waals surface area (Å²) in [5.74, 6) is -0.105. The van der Waals surface area contributed by atoms with Crippen LogP contribution in [0.5, 0.6) is 0 Å². The SMILES string of the molecule is CCC(C)c1ccc(NC(=O)C=O)cc1. The number of carbonyl (C=O) groups is 2. The molecule has 0 aliphatic carbocycles. The lowest BCUT2D eigenvalue weighted by atomic mass is 9.99. The highest BCUT2D eigenvalue weighted by molar-refractivity contribution is 6.29. The van der Waals surface area contributed by atoms with Crippen molar-refractivity contribution >= 4 is 17.9 Å². The number of aldehydes is 1. The maximum Gasteiger partial charge on any atom is 0.288 e. The maximum atomic E-state index is 10.8. The summed E-state index contributed by atoms with van der Waals surface area (Å²) in [4.78, 5) is 20.9. The van der Waals surface area contributed by atoms with Crippen molar-refractivity contribution in [2.75, 3.05) is 5.32 Å². The van der Waals surface area contributed by atoms with Crippen LogP contribution in [0.4, 0.5) is 5.69 Å². The lowest BCUT2D eigenvalue weighted by Gasteiger charge is -2.09. The highest BCUT2D eigenvalue weighted by Crippen LogP contribution is 2.20. The Morgan fingerprint density at radius 1 is 1.40 bits per heavy atom. The largest absolute Gasteiger partial charge is 0.320 e. The molecule has 3 nitrogen and oxygen atoms in total. The first-order valence-electron chi connectivity index (χ1n) is 5.03. The van der Waals surface area contributed by atoms with E-state index in [1.807, 2.05) is 24.3 Å². The number of hydrogen-bond donors (Lipinski definition) is 1. The van der Waals surface area contributed by atoms with Gasteiger partial charge in [-0.05, 0) is 30.0 Å². The van der Waals surface area contributed by atoms with Crippen LogP contribution < -0.4 is 5.32 Å². The molecule has 1 N–H and O–H groups in total. The third-order valence-electron chi connectivity index (χ3n) is 2.47. The second kappa shape index (κ2) is 5.29. The van der Waals surface area contributed by atoms with Crippen molar-refractivity contribution in [1.82, 2.24) is 0 Å². The molecule has 15 heavy (non-hydrogen) atoms. The van der Waals surface area contributed by atoms with Crippen molar-refractivity contribution in [1.29, 1.82) is 0 Å². The predicted octanol–water partition coefficient (Wildman–Crippen LogP) is 2.34. The second-order valence-corrected chi connectivity index (χ2v) is 3.54. The Morgan fingerprint density at radius 2 is 2.00 bits per heavy atom. The Labute approximate surface area is 89.5 Å². The second-order valence-electron chi connectivity index (χ2n) is 3.54. The number of amides is 1. The van der Waals surface area contributed by atoms with Gasteiger partial charge in [0.05, 0.1) is 0 Å². The molecule has 3 heteroatoms. The van der Waals surface area contributed by atoms with Gasteiger partial charge in [-0.2, -0.15) is 0 Å². The minimum absolute atomic E-state index is 0.266. The van der Waals surface area contributed by atoms with E-state index in [1.54, 1.807) is 0 Å². The lowest BCUT2D eigenvalue weighted by molar-refractivity contribution is -0.127. The van der Waals surface area contributed by atoms with E-state index in [4.69, 9.17) is 0 Å². The molecule has 1 unspecified atom stereocenters. The predicted molar refractivity (Wildman–Crippen MR) is 59.8 cm³/mol. The average Bonchev–Trinajstić information content (AvgIpc) is 2.29. The molecule has 0 spiro atoms. The number of carbonyl (C=O) groups excluding carboxylic acids is 2. The van der Waals surface area contributed by atoms with Gasteiger partial charge in [0.2, 0.25) is 6.29 Å². The summed E-state index contributed by atoms with van der Waals surface area (Å²) in [6.45, 7) is 4.28. The van der Waals surface area contributed by atoms with Gasteiger partial charge in [-0.25, -0.2) is 0 Å². The van der Waals surface area contributed by atoms with Crippen molar-refractivity contribution in [3.05, 3.63) is 29.8 Å². The Morgan fingerprint density at radius 3 is 2.47 bits per heavy atom. The van der Waals surface area contributed by atoms with Crippen LogP contribution in [0, 0.1) is 0 Å². The van der Waals surface area contributed by atoms with Crippen molar-refractivity contribution in [2.45, 2.75) is 26.2 Å². The Hall–Kier alpha value is -1.64. The lowest BCUT2D eigenvalue weighted by Crippen LogP contribution is -2.12. The van der Waals surface area contributed by atoms with Gasteiger partial charge in [0, 0.05) is 5.69 Å². The molecule has 0 radical (unpaired) electrons. The van der Waals surface area contributed by atoms with E-state index >= 15 is 0 Å². The molecule has 0 saturated heterocycles. The minimum Gasteiger partial charge on any atom is -0.320 e. The van der Waals surface area contributed by atoms with Gasteiger partial charge in [0.15, 0.2) is 0 Å². The molecule has 1 atom stereocenters. The third kappa shape index (κ3) is 3.20. The molecule has 0 bridgehead atoms. The molecule has 0 aliphatic rings. The smallest absolute Gasteiger partial charge is 0.288 e. The average molecular weight is 205 g/mol. The van der Waals surface area contributed by atoms with E-state index in [1.165, 1.54) is 5.56 Å². The normalized spacial score (nSPS) is 11.9. The minimum atomic E-state index is -0.619. The first-order chi connectivity index (χ1) is 7.17. The molecule has 0 aliphatic heterocycles. The summed E-state index contributed by atoms with van der Waals surface area (Å²) in [7, 11) is 0. The molecule has 80 valence electrons. The van der Waals surface area contributed by atoms with Gasteiger partial charge < -0.3 is 5.32 Å². The Kier molecular flexibility index (Phi) is 4.03. The molecular weight excluding hydrogens is 190 g/mol. The van der Waals surface area contributed by atoms with E-state index < -0.39 is 5.91 Å². The van der Waals surface area contributed by atoms with Gasteiger partial charge in [0.1, 0.15) is 0 Å². The van der Waals surface area contributed by atoms with Crippen molar-refractivity contribution in [3.63, 3.8) is 0 Å². The van der Waals surface area contributed by atoms with Gasteiger partial charge >= 0.3 is 0 Å². The van der Waals surface area contributed by atoms with Crippen molar-refractivity contribution < 1.29 is 9.59 Å². The third-order valence-corrected chi connectivity index (χ3v) is 2.47. The molecule has 0 aromatic heterocycles. The zero-order valence-electron chi connectivity index (χ0n) is 8.99. The topological polar surface area (TPSA) is 46.2 Å². The first-order valence-corrected chi connectivity index (χ1v) is 5.03. The fourth-order valence-corrected chi connectivity index (χ4v) is 1.30. The van der Waals surface area contributed by atoms with Crippen LogP contribution >= 0.6 is 0 Å². The van der Waals surface area contributed by atoms with E-state index in [9.17, 15) is 9.59 Å². The summed E-state index contributed by atoms with van der Waals surface area (Å²) >= 11 is 0. The van der Waals surface area contributed by atoms with Gasteiger partial charge in [-0.15, -0.1) is 0 Å². The number of anilines is 1. The highest BCUT2D eigenvalue weighted by Gasteiger charge is 2.03. The molecule has 1 amide bonds. The number of benzene rings is 1. The standard InChI is InChI=1S/C12H15NO2/c1-3-9(2)10-4-6-11(7-5-10)13-12(15)8-14/h4-9H,3H2,1-2H3,(H,13,15). The van der Waals surface area contributed by atoms with E-state index in [-0.39, 0.29) is 6.29 Å². The summed E-state index contributed by atoms with van der Waals surface area (Å²) in [5, 5.41) is 2.47. The molecule has 1 aromatic carbocycles. The molecule has 0 heterocycles. The van der Waals surface area contributed by atoms with Crippen LogP contribution in [-0.2, 0) is 9.59 Å². The van der Waals surface area contributed by atoms with Crippen molar-refractivity contribution in [3.8, 4) is 0 Å². The number of nitrogens with one attached hydrogen (secondary N) is 1. The van der Waals surface area contributed by atoms with Gasteiger partial charge in [-0.1, -0.05) is 26.0 Å². The van der Waals surface area contributed by atoms with Gasteiger partial charge in [-0.3, -0.25) is 9.59 Å². The summed E-state index contributed by atoms with van der Waals surface area (Å²) in [6, 6.07) is 7.55. The molecule has 1 rings (SSSR count). The fraction of sp³-hybridized carbons (Fsp3) is 0.333. The van der Waals surface area contributed by atoms with Crippen LogP contribution in [0.15, 0.2) is 24.3 Å². The zero-order chi connectivity index (χ0) is 11.3. The Balaban J connectivity index is 2.72. The van der Waals surface area contributed by atoms with Crippen LogP contribution in [0.2, 0.25) is 0 Å². The molecular formula is C12H15NO2. The van der Waals surface area contributed by atoms with Crippen molar-refractivity contribution in [2.24, 2.45) is 0 Å². The highest BCUT2D eigenvalue weighted by atomic mass is 16.2. The van der Waals surface area contributed by atoms with Crippen LogP contribution in [0.1, 0.15) is 31.7 Å². The number of hydrogen-bond acceptors (Lipinski definition) is 2. The monoisotopic (exact) mass is 205 g/mol. The van der Waals surface area contributed by atoms with Crippen LogP contribution in [-0.4, -0.2) is 12.2 Å².